The van der Waals surface area contributed by atoms with E-state index in [1.54, 1.807) is 18.2 Å². The SMILES string of the molecule is CC[C@@H](C)NC(=O)c1ccccc1NC(=O)CCc1ccc(C(C)(C)C)cc1. The van der Waals surface area contributed by atoms with E-state index in [9.17, 15) is 9.59 Å². The minimum atomic E-state index is -0.164. The maximum Gasteiger partial charge on any atom is 0.253 e. The second-order valence-electron chi connectivity index (χ2n) is 8.32. The summed E-state index contributed by atoms with van der Waals surface area (Å²) in [5.41, 5.74) is 3.57. The lowest BCUT2D eigenvalue weighted by molar-refractivity contribution is -0.116. The summed E-state index contributed by atoms with van der Waals surface area (Å²) in [5.74, 6) is -0.258. The summed E-state index contributed by atoms with van der Waals surface area (Å²) in [7, 11) is 0. The number of hydrogen-bond donors (Lipinski definition) is 2. The van der Waals surface area contributed by atoms with Crippen LogP contribution in [0.1, 0.15) is 68.9 Å². The number of rotatable bonds is 7. The van der Waals surface area contributed by atoms with Crippen LogP contribution in [0.5, 0.6) is 0 Å². The first-order valence-corrected chi connectivity index (χ1v) is 10.00. The predicted octanol–water partition coefficient (Wildman–Crippen LogP) is 5.08. The number of aryl methyl sites for hydroxylation is 1. The Labute approximate surface area is 168 Å². The van der Waals surface area contributed by atoms with Gasteiger partial charge < -0.3 is 10.6 Å². The maximum atomic E-state index is 12.4. The second kappa shape index (κ2) is 9.54. The molecule has 2 aromatic carbocycles. The molecular weight excluding hydrogens is 348 g/mol. The zero-order valence-electron chi connectivity index (χ0n) is 17.6. The summed E-state index contributed by atoms with van der Waals surface area (Å²) in [5, 5.41) is 5.83. The van der Waals surface area contributed by atoms with Gasteiger partial charge in [0.25, 0.3) is 5.91 Å². The van der Waals surface area contributed by atoms with Crippen molar-refractivity contribution in [2.45, 2.75) is 65.3 Å². The Balaban J connectivity index is 1.97. The Morgan fingerprint density at radius 1 is 1.00 bits per heavy atom. The van der Waals surface area contributed by atoms with E-state index in [1.165, 1.54) is 5.56 Å². The van der Waals surface area contributed by atoms with Crippen molar-refractivity contribution in [1.82, 2.24) is 5.32 Å². The van der Waals surface area contributed by atoms with Crippen LogP contribution in [0.3, 0.4) is 0 Å². The van der Waals surface area contributed by atoms with Crippen LogP contribution in [0.2, 0.25) is 0 Å². The molecule has 0 fully saturated rings. The Bertz CT molecular complexity index is 804. The van der Waals surface area contributed by atoms with E-state index in [-0.39, 0.29) is 23.3 Å². The molecule has 4 heteroatoms. The van der Waals surface area contributed by atoms with Crippen molar-refractivity contribution in [1.29, 1.82) is 0 Å². The van der Waals surface area contributed by atoms with Crippen LogP contribution < -0.4 is 10.6 Å². The molecule has 1 atom stereocenters. The highest BCUT2D eigenvalue weighted by Crippen LogP contribution is 2.22. The number of carbonyl (C=O) groups is 2. The number of amides is 2. The van der Waals surface area contributed by atoms with Crippen molar-refractivity contribution in [3.05, 3.63) is 65.2 Å². The highest BCUT2D eigenvalue weighted by molar-refractivity contribution is 6.03. The zero-order chi connectivity index (χ0) is 20.7. The van der Waals surface area contributed by atoms with Crippen LogP contribution in [0.25, 0.3) is 0 Å². The lowest BCUT2D eigenvalue weighted by Crippen LogP contribution is -2.32. The standard InChI is InChI=1S/C24H32N2O2/c1-6-17(2)25-23(28)20-9-7-8-10-21(20)26-22(27)16-13-18-11-14-19(15-12-18)24(3,4)5/h7-12,14-15,17H,6,13,16H2,1-5H3,(H,25,28)(H,26,27)/t17-/m1/s1. The molecule has 0 unspecified atom stereocenters. The number of nitrogens with one attached hydrogen (secondary N) is 2. The second-order valence-corrected chi connectivity index (χ2v) is 8.32. The van der Waals surface area contributed by atoms with Crippen molar-refractivity contribution in [2.75, 3.05) is 5.32 Å². The van der Waals surface area contributed by atoms with Gasteiger partial charge in [-0.3, -0.25) is 9.59 Å². The Morgan fingerprint density at radius 3 is 2.25 bits per heavy atom. The topological polar surface area (TPSA) is 58.2 Å². The van der Waals surface area contributed by atoms with Crippen LogP contribution in [0.4, 0.5) is 5.69 Å². The average Bonchev–Trinajstić information content (AvgIpc) is 2.66. The molecule has 0 saturated heterocycles. The minimum Gasteiger partial charge on any atom is -0.350 e. The van der Waals surface area contributed by atoms with Gasteiger partial charge in [-0.1, -0.05) is 64.1 Å². The quantitative estimate of drug-likeness (QED) is 0.703. The Hall–Kier alpha value is -2.62. The maximum absolute atomic E-state index is 12.4. The van der Waals surface area contributed by atoms with Gasteiger partial charge in [-0.15, -0.1) is 0 Å². The summed E-state index contributed by atoms with van der Waals surface area (Å²) in [6.07, 6.45) is 1.89. The Morgan fingerprint density at radius 2 is 1.64 bits per heavy atom. The molecular formula is C24H32N2O2. The predicted molar refractivity (Wildman–Crippen MR) is 116 cm³/mol. The van der Waals surface area contributed by atoms with E-state index < -0.39 is 0 Å². The van der Waals surface area contributed by atoms with Crippen molar-refractivity contribution < 1.29 is 9.59 Å². The summed E-state index contributed by atoms with van der Waals surface area (Å²) < 4.78 is 0. The Kier molecular flexibility index (Phi) is 7.38. The van der Waals surface area contributed by atoms with Gasteiger partial charge in [0.2, 0.25) is 5.91 Å². The molecule has 4 nitrogen and oxygen atoms in total. The van der Waals surface area contributed by atoms with E-state index in [4.69, 9.17) is 0 Å². The van der Waals surface area contributed by atoms with E-state index in [0.29, 0.717) is 24.1 Å². The molecule has 0 aromatic heterocycles. The van der Waals surface area contributed by atoms with Gasteiger partial charge >= 0.3 is 0 Å². The first kappa shape index (κ1) is 21.7. The molecule has 2 aromatic rings. The number of hydrogen-bond acceptors (Lipinski definition) is 2. The lowest BCUT2D eigenvalue weighted by Gasteiger charge is -2.19. The molecule has 0 aliphatic carbocycles. The van der Waals surface area contributed by atoms with Gasteiger partial charge in [-0.25, -0.2) is 0 Å². The molecule has 0 radical (unpaired) electrons. The summed E-state index contributed by atoms with van der Waals surface area (Å²) in [6, 6.07) is 15.6. The third-order valence-electron chi connectivity index (χ3n) is 4.90. The molecule has 2 amide bonds. The summed E-state index contributed by atoms with van der Waals surface area (Å²) in [4.78, 5) is 24.9. The smallest absolute Gasteiger partial charge is 0.253 e. The van der Waals surface area contributed by atoms with Gasteiger partial charge in [0.1, 0.15) is 0 Å². The third-order valence-corrected chi connectivity index (χ3v) is 4.90. The molecule has 0 aliphatic rings. The highest BCUT2D eigenvalue weighted by atomic mass is 16.2. The van der Waals surface area contributed by atoms with Gasteiger partial charge in [0, 0.05) is 12.5 Å². The first-order valence-electron chi connectivity index (χ1n) is 10.00. The highest BCUT2D eigenvalue weighted by Gasteiger charge is 2.15. The van der Waals surface area contributed by atoms with Crippen LogP contribution in [0.15, 0.2) is 48.5 Å². The van der Waals surface area contributed by atoms with Crippen LogP contribution in [-0.4, -0.2) is 17.9 Å². The largest absolute Gasteiger partial charge is 0.350 e. The normalized spacial score (nSPS) is 12.3. The number of anilines is 1. The van der Waals surface area contributed by atoms with E-state index in [2.05, 4.69) is 55.7 Å². The molecule has 0 heterocycles. The molecule has 0 saturated carbocycles. The molecule has 0 spiro atoms. The van der Waals surface area contributed by atoms with Gasteiger partial charge in [0.15, 0.2) is 0 Å². The van der Waals surface area contributed by atoms with Crippen LogP contribution in [0, 0.1) is 0 Å². The molecule has 150 valence electrons. The monoisotopic (exact) mass is 380 g/mol. The van der Waals surface area contributed by atoms with Crippen LogP contribution in [-0.2, 0) is 16.6 Å². The lowest BCUT2D eigenvalue weighted by atomic mass is 9.86. The molecule has 28 heavy (non-hydrogen) atoms. The molecule has 0 aliphatic heterocycles. The van der Waals surface area contributed by atoms with Gasteiger partial charge in [0.05, 0.1) is 11.3 Å². The summed E-state index contributed by atoms with van der Waals surface area (Å²) in [6.45, 7) is 10.5. The fourth-order valence-electron chi connectivity index (χ4n) is 2.84. The van der Waals surface area contributed by atoms with Crippen LogP contribution >= 0.6 is 0 Å². The molecule has 2 rings (SSSR count). The van der Waals surface area contributed by atoms with Crippen molar-refractivity contribution >= 4 is 17.5 Å². The first-order chi connectivity index (χ1) is 13.2. The van der Waals surface area contributed by atoms with Crippen molar-refractivity contribution in [3.63, 3.8) is 0 Å². The van der Waals surface area contributed by atoms with Gasteiger partial charge in [-0.05, 0) is 48.4 Å². The van der Waals surface area contributed by atoms with Crippen molar-refractivity contribution in [2.24, 2.45) is 0 Å². The molecule has 2 N–H and O–H groups in total. The van der Waals surface area contributed by atoms with E-state index >= 15 is 0 Å². The fraction of sp³-hybridized carbons (Fsp3) is 0.417. The number of benzene rings is 2. The molecule has 0 bridgehead atoms. The third kappa shape index (κ3) is 6.22. The average molecular weight is 381 g/mol. The number of carbonyl (C=O) groups excluding carboxylic acids is 2. The van der Waals surface area contributed by atoms with Gasteiger partial charge in [-0.2, -0.15) is 0 Å². The minimum absolute atomic E-state index is 0.0901. The number of para-hydroxylation sites is 1. The zero-order valence-corrected chi connectivity index (χ0v) is 17.6. The fourth-order valence-corrected chi connectivity index (χ4v) is 2.84. The van der Waals surface area contributed by atoms with Crippen molar-refractivity contribution in [3.8, 4) is 0 Å². The van der Waals surface area contributed by atoms with E-state index in [0.717, 1.165) is 12.0 Å². The summed E-state index contributed by atoms with van der Waals surface area (Å²) >= 11 is 0. The van der Waals surface area contributed by atoms with E-state index in [1.807, 2.05) is 19.9 Å².